The Balaban J connectivity index is 1.81. The van der Waals surface area contributed by atoms with Crippen LogP contribution in [0.15, 0.2) is 12.4 Å². The molecule has 5 nitrogen and oxygen atoms in total. The zero-order valence-electron chi connectivity index (χ0n) is 12.6. The Hall–Kier alpha value is -1.20. The maximum absolute atomic E-state index is 5.52. The highest BCUT2D eigenvalue weighted by Crippen LogP contribution is 2.16. The quantitative estimate of drug-likeness (QED) is 0.771. The van der Waals surface area contributed by atoms with E-state index >= 15 is 0 Å². The number of hydrogen-bond donors (Lipinski definition) is 1. The first-order valence-corrected chi connectivity index (χ1v) is 7.60. The standard InChI is InChI=1S/C15H26N4O/c1-3-6-16-8-14-9-17-15(18-10-14)19(2)11-13-5-4-7-20-12-13/h9-10,13,16H,3-8,11-12H2,1-2H3. The minimum atomic E-state index is 0.600. The molecule has 0 amide bonds. The molecule has 2 rings (SSSR count). The molecule has 1 aromatic heterocycles. The number of hydrogen-bond acceptors (Lipinski definition) is 5. The summed E-state index contributed by atoms with van der Waals surface area (Å²) in [7, 11) is 2.05. The van der Waals surface area contributed by atoms with Gasteiger partial charge in [-0.05, 0) is 31.7 Å². The second kappa shape index (κ2) is 8.17. The molecule has 1 unspecified atom stereocenters. The largest absolute Gasteiger partial charge is 0.381 e. The second-order valence-corrected chi connectivity index (χ2v) is 5.53. The Bertz CT molecular complexity index is 376. The first kappa shape index (κ1) is 15.2. The lowest BCUT2D eigenvalue weighted by molar-refractivity contribution is 0.0575. The summed E-state index contributed by atoms with van der Waals surface area (Å²) in [5.74, 6) is 1.40. The van der Waals surface area contributed by atoms with E-state index < -0.39 is 0 Å². The normalized spacial score (nSPS) is 19.0. The minimum Gasteiger partial charge on any atom is -0.381 e. The monoisotopic (exact) mass is 278 g/mol. The van der Waals surface area contributed by atoms with Crippen LogP contribution in [0.1, 0.15) is 31.7 Å². The Morgan fingerprint density at radius 3 is 2.85 bits per heavy atom. The molecule has 1 fully saturated rings. The van der Waals surface area contributed by atoms with Crippen molar-refractivity contribution in [2.24, 2.45) is 5.92 Å². The molecule has 2 heterocycles. The summed E-state index contributed by atoms with van der Waals surface area (Å²) < 4.78 is 5.52. The molecule has 1 aliphatic heterocycles. The molecule has 0 aromatic carbocycles. The molecule has 1 atom stereocenters. The van der Waals surface area contributed by atoms with Crippen molar-refractivity contribution in [3.63, 3.8) is 0 Å². The predicted octanol–water partition coefficient (Wildman–Crippen LogP) is 1.84. The van der Waals surface area contributed by atoms with E-state index in [9.17, 15) is 0 Å². The van der Waals surface area contributed by atoms with E-state index in [-0.39, 0.29) is 0 Å². The highest BCUT2D eigenvalue weighted by atomic mass is 16.5. The van der Waals surface area contributed by atoms with Crippen molar-refractivity contribution in [3.8, 4) is 0 Å². The van der Waals surface area contributed by atoms with Crippen molar-refractivity contribution in [2.75, 3.05) is 38.3 Å². The van der Waals surface area contributed by atoms with Gasteiger partial charge in [0, 0.05) is 44.7 Å². The molecule has 1 aliphatic rings. The SMILES string of the molecule is CCCNCc1cnc(N(C)CC2CCCOC2)nc1. The van der Waals surface area contributed by atoms with Gasteiger partial charge in [-0.25, -0.2) is 9.97 Å². The molecular weight excluding hydrogens is 252 g/mol. The smallest absolute Gasteiger partial charge is 0.225 e. The van der Waals surface area contributed by atoms with E-state index in [2.05, 4.69) is 34.2 Å². The van der Waals surface area contributed by atoms with Gasteiger partial charge in [0.25, 0.3) is 0 Å². The van der Waals surface area contributed by atoms with Crippen molar-refractivity contribution < 1.29 is 4.74 Å². The Kier molecular flexibility index (Phi) is 6.21. The summed E-state index contributed by atoms with van der Waals surface area (Å²) >= 11 is 0. The minimum absolute atomic E-state index is 0.600. The van der Waals surface area contributed by atoms with Crippen molar-refractivity contribution in [1.29, 1.82) is 0 Å². The molecular formula is C15H26N4O. The van der Waals surface area contributed by atoms with Gasteiger partial charge in [0.15, 0.2) is 0 Å². The van der Waals surface area contributed by atoms with Gasteiger partial charge >= 0.3 is 0 Å². The van der Waals surface area contributed by atoms with E-state index in [1.165, 1.54) is 12.8 Å². The van der Waals surface area contributed by atoms with Crippen LogP contribution in [0.5, 0.6) is 0 Å². The van der Waals surface area contributed by atoms with Crippen LogP contribution < -0.4 is 10.2 Å². The molecule has 112 valence electrons. The Morgan fingerprint density at radius 2 is 2.20 bits per heavy atom. The molecule has 0 bridgehead atoms. The average Bonchev–Trinajstić information content (AvgIpc) is 2.49. The number of anilines is 1. The van der Waals surface area contributed by atoms with Gasteiger partial charge in [-0.3, -0.25) is 0 Å². The maximum Gasteiger partial charge on any atom is 0.225 e. The fraction of sp³-hybridized carbons (Fsp3) is 0.733. The van der Waals surface area contributed by atoms with Crippen LogP contribution in [0.25, 0.3) is 0 Å². The first-order valence-electron chi connectivity index (χ1n) is 7.60. The third-order valence-electron chi connectivity index (χ3n) is 3.58. The predicted molar refractivity (Wildman–Crippen MR) is 80.8 cm³/mol. The fourth-order valence-corrected chi connectivity index (χ4v) is 2.47. The lowest BCUT2D eigenvalue weighted by atomic mass is 10.0. The van der Waals surface area contributed by atoms with Gasteiger partial charge in [-0.15, -0.1) is 0 Å². The molecule has 1 aromatic rings. The van der Waals surface area contributed by atoms with Crippen LogP contribution in [0, 0.1) is 5.92 Å². The van der Waals surface area contributed by atoms with Gasteiger partial charge in [0.1, 0.15) is 0 Å². The van der Waals surface area contributed by atoms with Crippen molar-refractivity contribution in [2.45, 2.75) is 32.7 Å². The van der Waals surface area contributed by atoms with Crippen LogP contribution in [0.4, 0.5) is 5.95 Å². The number of rotatable bonds is 7. The summed E-state index contributed by atoms with van der Waals surface area (Å²) in [4.78, 5) is 11.0. The lowest BCUT2D eigenvalue weighted by Gasteiger charge is -2.27. The molecule has 0 saturated carbocycles. The number of nitrogens with zero attached hydrogens (tertiary/aromatic N) is 3. The maximum atomic E-state index is 5.52. The van der Waals surface area contributed by atoms with E-state index in [1.807, 2.05) is 12.4 Å². The Morgan fingerprint density at radius 1 is 1.40 bits per heavy atom. The van der Waals surface area contributed by atoms with Crippen molar-refractivity contribution in [1.82, 2.24) is 15.3 Å². The molecule has 5 heteroatoms. The van der Waals surface area contributed by atoms with Gasteiger partial charge < -0.3 is 15.0 Å². The molecule has 1 N–H and O–H groups in total. The van der Waals surface area contributed by atoms with E-state index in [0.717, 1.165) is 50.8 Å². The summed E-state index contributed by atoms with van der Waals surface area (Å²) in [6.45, 7) is 6.78. The van der Waals surface area contributed by atoms with Crippen molar-refractivity contribution in [3.05, 3.63) is 18.0 Å². The zero-order valence-corrected chi connectivity index (χ0v) is 12.6. The number of aromatic nitrogens is 2. The van der Waals surface area contributed by atoms with E-state index in [4.69, 9.17) is 4.74 Å². The fourth-order valence-electron chi connectivity index (χ4n) is 2.47. The summed E-state index contributed by atoms with van der Waals surface area (Å²) in [6, 6.07) is 0. The van der Waals surface area contributed by atoms with Gasteiger partial charge in [-0.2, -0.15) is 0 Å². The molecule has 0 radical (unpaired) electrons. The second-order valence-electron chi connectivity index (χ2n) is 5.53. The molecule has 20 heavy (non-hydrogen) atoms. The third kappa shape index (κ3) is 4.72. The number of nitrogens with one attached hydrogen (secondary N) is 1. The molecule has 0 spiro atoms. The van der Waals surface area contributed by atoms with Gasteiger partial charge in [0.2, 0.25) is 5.95 Å². The van der Waals surface area contributed by atoms with Crippen LogP contribution in [-0.4, -0.2) is 43.3 Å². The highest BCUT2D eigenvalue weighted by Gasteiger charge is 2.17. The van der Waals surface area contributed by atoms with E-state index in [1.54, 1.807) is 0 Å². The molecule has 1 saturated heterocycles. The first-order chi connectivity index (χ1) is 9.79. The lowest BCUT2D eigenvalue weighted by Crippen LogP contribution is -2.31. The van der Waals surface area contributed by atoms with Crippen LogP contribution in [0.3, 0.4) is 0 Å². The third-order valence-corrected chi connectivity index (χ3v) is 3.58. The highest BCUT2D eigenvalue weighted by molar-refractivity contribution is 5.28. The number of ether oxygens (including phenoxy) is 1. The topological polar surface area (TPSA) is 50.3 Å². The van der Waals surface area contributed by atoms with Crippen LogP contribution in [-0.2, 0) is 11.3 Å². The van der Waals surface area contributed by atoms with Crippen molar-refractivity contribution >= 4 is 5.95 Å². The Labute approximate surface area is 121 Å². The van der Waals surface area contributed by atoms with E-state index in [0.29, 0.717) is 5.92 Å². The average molecular weight is 278 g/mol. The van der Waals surface area contributed by atoms with Crippen LogP contribution in [0.2, 0.25) is 0 Å². The summed E-state index contributed by atoms with van der Waals surface area (Å²) in [5.41, 5.74) is 1.14. The van der Waals surface area contributed by atoms with Gasteiger partial charge in [-0.1, -0.05) is 6.92 Å². The zero-order chi connectivity index (χ0) is 14.2. The van der Waals surface area contributed by atoms with Gasteiger partial charge in [0.05, 0.1) is 6.61 Å². The summed E-state index contributed by atoms with van der Waals surface area (Å²) in [5, 5.41) is 3.36. The van der Waals surface area contributed by atoms with Crippen LogP contribution >= 0.6 is 0 Å². The summed E-state index contributed by atoms with van der Waals surface area (Å²) in [6.07, 6.45) is 7.38. The molecule has 0 aliphatic carbocycles.